The molecule has 1 aromatic carbocycles. The predicted molar refractivity (Wildman–Crippen MR) is 73.0 cm³/mol. The molecule has 1 heterocycles. The first kappa shape index (κ1) is 11.9. The van der Waals surface area contributed by atoms with E-state index in [9.17, 15) is 9.90 Å². The molecule has 0 radical (unpaired) electrons. The number of benzene rings is 1. The van der Waals surface area contributed by atoms with Crippen molar-refractivity contribution in [3.05, 3.63) is 18.2 Å². The molecule has 0 bridgehead atoms. The molecule has 18 heavy (non-hydrogen) atoms. The van der Waals surface area contributed by atoms with Crippen LogP contribution in [0.1, 0.15) is 12.8 Å². The molecule has 4 nitrogen and oxygen atoms in total. The molecule has 0 aromatic heterocycles. The van der Waals surface area contributed by atoms with E-state index in [-0.39, 0.29) is 17.9 Å². The molecule has 0 saturated heterocycles. The fourth-order valence-corrected chi connectivity index (χ4v) is 2.84. The number of fused-ring (bicyclic) bond motifs is 1. The molecule has 1 aromatic rings. The van der Waals surface area contributed by atoms with Gasteiger partial charge in [-0.1, -0.05) is 0 Å². The molecule has 1 amide bonds. The number of anilines is 2. The number of hydrogen-bond acceptors (Lipinski definition) is 4. The van der Waals surface area contributed by atoms with Crippen LogP contribution in [-0.4, -0.2) is 29.9 Å². The van der Waals surface area contributed by atoms with Gasteiger partial charge in [-0.3, -0.25) is 4.79 Å². The highest BCUT2D eigenvalue weighted by molar-refractivity contribution is 8.00. The lowest BCUT2D eigenvalue weighted by Crippen LogP contribution is -2.20. The normalized spacial score (nSPS) is 19.9. The second-order valence-corrected chi connectivity index (χ2v) is 6.08. The predicted octanol–water partition coefficient (Wildman–Crippen LogP) is 1.92. The second-order valence-electron chi connectivity index (χ2n) is 5.06. The minimum Gasteiger partial charge on any atom is -0.396 e. The molecule has 1 aliphatic carbocycles. The number of carbonyl (C=O) groups is 1. The Morgan fingerprint density at radius 3 is 3.00 bits per heavy atom. The Bertz CT molecular complexity index is 486. The zero-order valence-electron chi connectivity index (χ0n) is 10.0. The summed E-state index contributed by atoms with van der Waals surface area (Å²) in [6.45, 7) is 1.04. The van der Waals surface area contributed by atoms with Crippen molar-refractivity contribution in [2.75, 3.05) is 29.5 Å². The standard InChI is InChI=1S/C13H16N2O2S/c16-8-13(3-4-13)7-14-9-1-2-11-10(5-9)15-12(17)6-18-11/h1-2,5,14,16H,3-4,6-8H2,(H,15,17). The Balaban J connectivity index is 1.70. The van der Waals surface area contributed by atoms with Gasteiger partial charge in [-0.25, -0.2) is 0 Å². The molecule has 3 N–H and O–H groups in total. The van der Waals surface area contributed by atoms with E-state index in [1.807, 2.05) is 18.2 Å². The molecule has 0 spiro atoms. The molecule has 1 fully saturated rings. The summed E-state index contributed by atoms with van der Waals surface area (Å²) in [5, 5.41) is 15.5. The molecular formula is C13H16N2O2S. The van der Waals surface area contributed by atoms with Gasteiger partial charge in [-0.2, -0.15) is 0 Å². The maximum Gasteiger partial charge on any atom is 0.234 e. The van der Waals surface area contributed by atoms with E-state index in [0.717, 1.165) is 35.7 Å². The second kappa shape index (κ2) is 4.48. The maximum absolute atomic E-state index is 11.3. The number of amides is 1. The van der Waals surface area contributed by atoms with Crippen molar-refractivity contribution in [2.45, 2.75) is 17.7 Å². The van der Waals surface area contributed by atoms with Gasteiger partial charge in [0, 0.05) is 22.5 Å². The molecule has 1 saturated carbocycles. The zero-order valence-corrected chi connectivity index (χ0v) is 10.8. The Morgan fingerprint density at radius 1 is 1.44 bits per heavy atom. The van der Waals surface area contributed by atoms with E-state index in [0.29, 0.717) is 5.75 Å². The summed E-state index contributed by atoms with van der Waals surface area (Å²) in [6, 6.07) is 6.02. The van der Waals surface area contributed by atoms with Crippen LogP contribution in [0.5, 0.6) is 0 Å². The van der Waals surface area contributed by atoms with Gasteiger partial charge in [0.25, 0.3) is 0 Å². The van der Waals surface area contributed by atoms with Gasteiger partial charge < -0.3 is 15.7 Å². The van der Waals surface area contributed by atoms with Crippen LogP contribution in [-0.2, 0) is 4.79 Å². The van der Waals surface area contributed by atoms with Crippen molar-refractivity contribution in [3.8, 4) is 0 Å². The molecule has 2 aliphatic rings. The highest BCUT2D eigenvalue weighted by Gasteiger charge is 2.41. The lowest BCUT2D eigenvalue weighted by atomic mass is 10.1. The Morgan fingerprint density at radius 2 is 2.28 bits per heavy atom. The summed E-state index contributed by atoms with van der Waals surface area (Å²) in [6.07, 6.45) is 2.18. The van der Waals surface area contributed by atoms with Gasteiger partial charge in [0.15, 0.2) is 0 Å². The molecule has 3 rings (SSSR count). The van der Waals surface area contributed by atoms with Crippen LogP contribution in [0.2, 0.25) is 0 Å². The van der Waals surface area contributed by atoms with Gasteiger partial charge in [0.1, 0.15) is 0 Å². The summed E-state index contributed by atoms with van der Waals surface area (Å²) in [5.41, 5.74) is 1.97. The minimum absolute atomic E-state index is 0.0543. The first-order valence-electron chi connectivity index (χ1n) is 6.12. The van der Waals surface area contributed by atoms with Crippen LogP contribution in [0.4, 0.5) is 11.4 Å². The van der Waals surface area contributed by atoms with Gasteiger partial charge in [-0.05, 0) is 31.0 Å². The van der Waals surface area contributed by atoms with E-state index in [1.54, 1.807) is 11.8 Å². The van der Waals surface area contributed by atoms with E-state index in [2.05, 4.69) is 10.6 Å². The van der Waals surface area contributed by atoms with Crippen molar-refractivity contribution >= 4 is 29.0 Å². The van der Waals surface area contributed by atoms with Crippen molar-refractivity contribution < 1.29 is 9.90 Å². The third-order valence-electron chi connectivity index (χ3n) is 3.57. The van der Waals surface area contributed by atoms with Gasteiger partial charge in [0.05, 0.1) is 18.0 Å². The maximum atomic E-state index is 11.3. The fraction of sp³-hybridized carbons (Fsp3) is 0.462. The highest BCUT2D eigenvalue weighted by Crippen LogP contribution is 2.45. The zero-order chi connectivity index (χ0) is 12.6. The number of nitrogens with one attached hydrogen (secondary N) is 2. The molecule has 5 heteroatoms. The summed E-state index contributed by atoms with van der Waals surface area (Å²) in [4.78, 5) is 12.4. The summed E-state index contributed by atoms with van der Waals surface area (Å²) >= 11 is 1.57. The fourth-order valence-electron chi connectivity index (χ4n) is 2.05. The van der Waals surface area contributed by atoms with Crippen LogP contribution in [0.3, 0.4) is 0 Å². The molecule has 0 unspecified atom stereocenters. The van der Waals surface area contributed by atoms with E-state index in [1.165, 1.54) is 0 Å². The van der Waals surface area contributed by atoms with Gasteiger partial charge >= 0.3 is 0 Å². The number of rotatable bonds is 4. The van der Waals surface area contributed by atoms with Crippen LogP contribution < -0.4 is 10.6 Å². The average Bonchev–Trinajstić information content (AvgIpc) is 3.16. The summed E-state index contributed by atoms with van der Waals surface area (Å²) in [7, 11) is 0. The smallest absolute Gasteiger partial charge is 0.234 e. The first-order chi connectivity index (χ1) is 8.71. The highest BCUT2D eigenvalue weighted by atomic mass is 32.2. The SMILES string of the molecule is O=C1CSc2ccc(NCC3(CO)CC3)cc2N1. The minimum atomic E-state index is 0.0543. The number of thioether (sulfide) groups is 1. The average molecular weight is 264 g/mol. The summed E-state index contributed by atoms with van der Waals surface area (Å²) < 4.78 is 0. The lowest BCUT2D eigenvalue weighted by Gasteiger charge is -2.19. The van der Waals surface area contributed by atoms with Crippen LogP contribution >= 0.6 is 11.8 Å². The summed E-state index contributed by atoms with van der Waals surface area (Å²) in [5.74, 6) is 0.548. The van der Waals surface area contributed by atoms with E-state index >= 15 is 0 Å². The molecular weight excluding hydrogens is 248 g/mol. The van der Waals surface area contributed by atoms with Crippen LogP contribution in [0, 0.1) is 5.41 Å². The van der Waals surface area contributed by atoms with Crippen LogP contribution in [0.25, 0.3) is 0 Å². The Labute approximate surface area is 110 Å². The van der Waals surface area contributed by atoms with Gasteiger partial charge in [0.2, 0.25) is 5.91 Å². The molecule has 0 atom stereocenters. The van der Waals surface area contributed by atoms with Crippen molar-refractivity contribution in [1.82, 2.24) is 0 Å². The van der Waals surface area contributed by atoms with E-state index < -0.39 is 0 Å². The number of aliphatic hydroxyl groups excluding tert-OH is 1. The first-order valence-corrected chi connectivity index (χ1v) is 7.11. The number of hydrogen-bond donors (Lipinski definition) is 3. The van der Waals surface area contributed by atoms with Gasteiger partial charge in [-0.15, -0.1) is 11.8 Å². The van der Waals surface area contributed by atoms with E-state index in [4.69, 9.17) is 0 Å². The quantitative estimate of drug-likeness (QED) is 0.777. The Hall–Kier alpha value is -1.20. The van der Waals surface area contributed by atoms with Crippen molar-refractivity contribution in [2.24, 2.45) is 5.41 Å². The third-order valence-corrected chi connectivity index (χ3v) is 4.65. The topological polar surface area (TPSA) is 61.4 Å². The third kappa shape index (κ3) is 2.33. The lowest BCUT2D eigenvalue weighted by molar-refractivity contribution is -0.113. The number of aliphatic hydroxyl groups is 1. The van der Waals surface area contributed by atoms with Crippen molar-refractivity contribution in [3.63, 3.8) is 0 Å². The number of carbonyl (C=O) groups excluding carboxylic acids is 1. The molecule has 96 valence electrons. The molecule has 1 aliphatic heterocycles. The largest absolute Gasteiger partial charge is 0.396 e. The monoisotopic (exact) mass is 264 g/mol. The van der Waals surface area contributed by atoms with Crippen LogP contribution in [0.15, 0.2) is 23.1 Å². The Kier molecular flexibility index (Phi) is 2.95. The van der Waals surface area contributed by atoms with Crippen molar-refractivity contribution in [1.29, 1.82) is 0 Å².